The Morgan fingerprint density at radius 1 is 1.10 bits per heavy atom. The zero-order valence-corrected chi connectivity index (χ0v) is 17.7. The van der Waals surface area contributed by atoms with Crippen LogP contribution in [0.2, 0.25) is 0 Å². The summed E-state index contributed by atoms with van der Waals surface area (Å²) in [5, 5.41) is 10.2. The maximum Gasteiger partial charge on any atom is 0.257 e. The first kappa shape index (κ1) is 20.0. The quantitative estimate of drug-likeness (QED) is 0.565. The van der Waals surface area contributed by atoms with Crippen LogP contribution >= 0.6 is 11.3 Å². The molecule has 3 heterocycles. The molecule has 1 fully saturated rings. The zero-order valence-electron chi connectivity index (χ0n) is 16.0. The first-order chi connectivity index (χ1) is 14.1. The summed E-state index contributed by atoms with van der Waals surface area (Å²) in [6.45, 7) is 4.99. The van der Waals surface area contributed by atoms with Crippen molar-refractivity contribution in [1.29, 1.82) is 0 Å². The van der Waals surface area contributed by atoms with Crippen LogP contribution in [0.15, 0.2) is 51.1 Å². The molecule has 0 radical (unpaired) electrons. The van der Waals surface area contributed by atoms with Crippen molar-refractivity contribution in [2.75, 3.05) is 32.8 Å². The van der Waals surface area contributed by atoms with Gasteiger partial charge in [0.05, 0.1) is 22.9 Å². The summed E-state index contributed by atoms with van der Waals surface area (Å²) >= 11 is 1.55. The van der Waals surface area contributed by atoms with Crippen LogP contribution in [0.25, 0.3) is 10.8 Å². The number of piperazine rings is 1. The fourth-order valence-electron chi connectivity index (χ4n) is 3.16. The van der Waals surface area contributed by atoms with Gasteiger partial charge in [-0.25, -0.2) is 8.42 Å². The van der Waals surface area contributed by atoms with Crippen LogP contribution in [-0.2, 0) is 16.6 Å². The lowest BCUT2D eigenvalue weighted by atomic mass is 10.3. The van der Waals surface area contributed by atoms with E-state index in [2.05, 4.69) is 15.1 Å². The minimum absolute atomic E-state index is 0.284. The molecule has 0 atom stereocenters. The van der Waals surface area contributed by atoms with Gasteiger partial charge >= 0.3 is 0 Å². The third-order valence-corrected chi connectivity index (χ3v) is 7.43. The Kier molecular flexibility index (Phi) is 5.95. The normalized spacial score (nSPS) is 16.2. The molecule has 0 spiro atoms. The summed E-state index contributed by atoms with van der Waals surface area (Å²) in [6.07, 6.45) is 0. The van der Waals surface area contributed by atoms with E-state index >= 15 is 0 Å². The number of ether oxygens (including phenoxy) is 1. The molecular weight excluding hydrogens is 412 g/mol. The van der Waals surface area contributed by atoms with Gasteiger partial charge in [-0.2, -0.15) is 4.31 Å². The Hall–Kier alpha value is -2.27. The second-order valence-corrected chi connectivity index (χ2v) is 9.45. The van der Waals surface area contributed by atoms with Crippen LogP contribution in [0, 0.1) is 0 Å². The maximum absolute atomic E-state index is 12.9. The Morgan fingerprint density at radius 2 is 1.86 bits per heavy atom. The topological polar surface area (TPSA) is 88.8 Å². The molecule has 1 aliphatic rings. The molecule has 0 aliphatic carbocycles. The van der Waals surface area contributed by atoms with Crippen molar-refractivity contribution in [2.45, 2.75) is 18.4 Å². The molecule has 4 rings (SSSR count). The molecule has 1 saturated heterocycles. The Bertz CT molecular complexity index is 1020. The van der Waals surface area contributed by atoms with E-state index in [1.54, 1.807) is 35.6 Å². The Labute approximate surface area is 173 Å². The molecule has 0 amide bonds. The van der Waals surface area contributed by atoms with Crippen molar-refractivity contribution < 1.29 is 17.6 Å². The van der Waals surface area contributed by atoms with Crippen molar-refractivity contribution in [1.82, 2.24) is 19.4 Å². The minimum Gasteiger partial charge on any atom is -0.494 e. The summed E-state index contributed by atoms with van der Waals surface area (Å²) in [6, 6.07) is 10.4. The predicted octanol–water partition coefficient (Wildman–Crippen LogP) is 2.70. The molecule has 8 nitrogen and oxygen atoms in total. The van der Waals surface area contributed by atoms with E-state index in [1.807, 2.05) is 24.4 Å². The van der Waals surface area contributed by atoms with E-state index in [0.29, 0.717) is 56.9 Å². The Balaban J connectivity index is 1.35. The molecule has 2 aromatic heterocycles. The lowest BCUT2D eigenvalue weighted by molar-refractivity contribution is 0.168. The van der Waals surface area contributed by atoms with Crippen LogP contribution in [-0.4, -0.2) is 60.6 Å². The van der Waals surface area contributed by atoms with E-state index in [0.717, 1.165) is 4.88 Å². The molecule has 10 heteroatoms. The highest BCUT2D eigenvalue weighted by atomic mass is 32.2. The molecule has 154 valence electrons. The standard InChI is InChI=1S/C19H22N4O4S2/c1-2-26-15-5-7-16(8-6-15)29(24,25)23-11-9-22(10-12-23)14-18-20-21-19(27-18)17-4-3-13-28-17/h3-8,13H,2,9-12,14H2,1H3. The van der Waals surface area contributed by atoms with E-state index in [9.17, 15) is 8.42 Å². The van der Waals surface area contributed by atoms with Gasteiger partial charge in [0, 0.05) is 26.2 Å². The average molecular weight is 435 g/mol. The van der Waals surface area contributed by atoms with Crippen molar-refractivity contribution in [2.24, 2.45) is 0 Å². The van der Waals surface area contributed by atoms with Crippen molar-refractivity contribution in [3.8, 4) is 16.5 Å². The molecule has 0 bridgehead atoms. The highest BCUT2D eigenvalue weighted by Gasteiger charge is 2.29. The largest absolute Gasteiger partial charge is 0.494 e. The summed E-state index contributed by atoms with van der Waals surface area (Å²) in [4.78, 5) is 3.34. The second-order valence-electron chi connectivity index (χ2n) is 6.56. The molecule has 29 heavy (non-hydrogen) atoms. The van der Waals surface area contributed by atoms with Crippen LogP contribution in [0.3, 0.4) is 0 Å². The third kappa shape index (κ3) is 4.50. The SMILES string of the molecule is CCOc1ccc(S(=O)(=O)N2CCN(Cc3nnc(-c4cccs4)o3)CC2)cc1. The van der Waals surface area contributed by atoms with Gasteiger partial charge in [0.15, 0.2) is 0 Å². The lowest BCUT2D eigenvalue weighted by Gasteiger charge is -2.33. The second kappa shape index (κ2) is 8.62. The molecule has 0 N–H and O–H groups in total. The van der Waals surface area contributed by atoms with Gasteiger partial charge < -0.3 is 9.15 Å². The fourth-order valence-corrected chi connectivity index (χ4v) is 5.23. The monoisotopic (exact) mass is 434 g/mol. The molecule has 1 aromatic carbocycles. The van der Waals surface area contributed by atoms with Gasteiger partial charge in [-0.05, 0) is 42.6 Å². The first-order valence-corrected chi connectivity index (χ1v) is 11.7. The fraction of sp³-hybridized carbons (Fsp3) is 0.368. The van der Waals surface area contributed by atoms with Crippen molar-refractivity contribution in [3.63, 3.8) is 0 Å². The van der Waals surface area contributed by atoms with E-state index in [1.165, 1.54) is 4.31 Å². The van der Waals surface area contributed by atoms with Crippen LogP contribution < -0.4 is 4.74 Å². The number of benzene rings is 1. The number of nitrogens with zero attached hydrogens (tertiary/aromatic N) is 4. The average Bonchev–Trinajstić information content (AvgIpc) is 3.41. The summed E-state index contributed by atoms with van der Waals surface area (Å²) in [7, 11) is -3.51. The number of thiophene rings is 1. The van der Waals surface area contributed by atoms with Crippen LogP contribution in [0.4, 0.5) is 0 Å². The zero-order chi connectivity index (χ0) is 20.3. The maximum atomic E-state index is 12.9. The van der Waals surface area contributed by atoms with Gasteiger partial charge in [0.1, 0.15) is 5.75 Å². The van der Waals surface area contributed by atoms with E-state index in [-0.39, 0.29) is 4.90 Å². The number of aromatic nitrogens is 2. The van der Waals surface area contributed by atoms with Crippen LogP contribution in [0.5, 0.6) is 5.75 Å². The number of hydrogen-bond acceptors (Lipinski definition) is 8. The first-order valence-electron chi connectivity index (χ1n) is 9.38. The highest BCUT2D eigenvalue weighted by molar-refractivity contribution is 7.89. The highest BCUT2D eigenvalue weighted by Crippen LogP contribution is 2.24. The van der Waals surface area contributed by atoms with Gasteiger partial charge in [-0.1, -0.05) is 6.07 Å². The summed E-state index contributed by atoms with van der Waals surface area (Å²) < 4.78 is 38.4. The lowest BCUT2D eigenvalue weighted by Crippen LogP contribution is -2.48. The molecule has 3 aromatic rings. The van der Waals surface area contributed by atoms with Gasteiger partial charge in [-0.3, -0.25) is 4.90 Å². The smallest absolute Gasteiger partial charge is 0.257 e. The third-order valence-electron chi connectivity index (χ3n) is 4.66. The Morgan fingerprint density at radius 3 is 2.52 bits per heavy atom. The van der Waals surface area contributed by atoms with Gasteiger partial charge in [-0.15, -0.1) is 21.5 Å². The molecule has 1 aliphatic heterocycles. The number of hydrogen-bond donors (Lipinski definition) is 0. The van der Waals surface area contributed by atoms with E-state index < -0.39 is 10.0 Å². The number of rotatable bonds is 7. The number of sulfonamides is 1. The molecule has 0 saturated carbocycles. The predicted molar refractivity (Wildman–Crippen MR) is 109 cm³/mol. The van der Waals surface area contributed by atoms with E-state index in [4.69, 9.17) is 9.15 Å². The molecular formula is C19H22N4O4S2. The minimum atomic E-state index is -3.51. The molecule has 0 unspecified atom stereocenters. The van der Waals surface area contributed by atoms with Gasteiger partial charge in [0.25, 0.3) is 5.89 Å². The summed E-state index contributed by atoms with van der Waals surface area (Å²) in [5.74, 6) is 1.72. The van der Waals surface area contributed by atoms with Crippen LogP contribution in [0.1, 0.15) is 12.8 Å². The summed E-state index contributed by atoms with van der Waals surface area (Å²) in [5.41, 5.74) is 0. The van der Waals surface area contributed by atoms with Gasteiger partial charge in [0.2, 0.25) is 15.9 Å². The van der Waals surface area contributed by atoms with Crippen molar-refractivity contribution >= 4 is 21.4 Å². The van der Waals surface area contributed by atoms with Crippen molar-refractivity contribution in [3.05, 3.63) is 47.7 Å².